The molecule has 0 radical (unpaired) electrons. The van der Waals surface area contributed by atoms with E-state index in [2.05, 4.69) is 5.32 Å². The lowest BCUT2D eigenvalue weighted by Crippen LogP contribution is -2.48. The first-order valence-electron chi connectivity index (χ1n) is 5.68. The summed E-state index contributed by atoms with van der Waals surface area (Å²) in [7, 11) is 0. The van der Waals surface area contributed by atoms with Gasteiger partial charge in [0.2, 0.25) is 0 Å². The highest BCUT2D eigenvalue weighted by molar-refractivity contribution is 5.73. The van der Waals surface area contributed by atoms with Crippen molar-refractivity contribution in [2.24, 2.45) is 5.41 Å². The molecule has 0 aromatic rings. The zero-order chi connectivity index (χ0) is 10.0. The summed E-state index contributed by atoms with van der Waals surface area (Å²) in [5.41, 5.74) is 0.368. The second kappa shape index (κ2) is 3.89. The number of carboxylic acids is 1. The van der Waals surface area contributed by atoms with Crippen LogP contribution in [0.1, 0.15) is 44.9 Å². The first-order chi connectivity index (χ1) is 6.72. The third-order valence-corrected chi connectivity index (χ3v) is 3.90. The molecule has 3 heteroatoms. The number of hydrogen-bond acceptors (Lipinski definition) is 2. The van der Waals surface area contributed by atoms with E-state index < -0.39 is 5.97 Å². The first-order valence-corrected chi connectivity index (χ1v) is 5.68. The lowest BCUT2D eigenvalue weighted by molar-refractivity contribution is -0.141. The van der Waals surface area contributed by atoms with Crippen molar-refractivity contribution in [2.75, 3.05) is 6.54 Å². The Bertz CT molecular complexity index is 216. The van der Waals surface area contributed by atoms with E-state index in [1.807, 2.05) is 0 Å². The van der Waals surface area contributed by atoms with Gasteiger partial charge in [0.1, 0.15) is 6.04 Å². The van der Waals surface area contributed by atoms with E-state index in [-0.39, 0.29) is 6.04 Å². The number of aliphatic carboxylic acids is 1. The fourth-order valence-corrected chi connectivity index (χ4v) is 3.05. The smallest absolute Gasteiger partial charge is 0.320 e. The molecule has 1 aliphatic carbocycles. The number of carboxylic acid groups (broad SMARTS) is 1. The molecule has 3 nitrogen and oxygen atoms in total. The predicted molar refractivity (Wildman–Crippen MR) is 54.2 cm³/mol. The van der Waals surface area contributed by atoms with E-state index in [9.17, 15) is 4.79 Å². The molecule has 1 atom stereocenters. The lowest BCUT2D eigenvalue weighted by atomic mass is 9.66. The van der Waals surface area contributed by atoms with Gasteiger partial charge >= 0.3 is 5.97 Å². The lowest BCUT2D eigenvalue weighted by Gasteiger charge is -2.43. The third kappa shape index (κ3) is 1.92. The largest absolute Gasteiger partial charge is 0.480 e. The van der Waals surface area contributed by atoms with E-state index in [1.54, 1.807) is 0 Å². The topological polar surface area (TPSA) is 49.3 Å². The van der Waals surface area contributed by atoms with Crippen LogP contribution in [-0.2, 0) is 4.79 Å². The molecule has 2 fully saturated rings. The van der Waals surface area contributed by atoms with Crippen LogP contribution in [-0.4, -0.2) is 23.7 Å². The number of rotatable bonds is 1. The Morgan fingerprint density at radius 1 is 1.21 bits per heavy atom. The average Bonchev–Trinajstić information content (AvgIpc) is 2.19. The van der Waals surface area contributed by atoms with Crippen LogP contribution in [0.4, 0.5) is 0 Å². The van der Waals surface area contributed by atoms with Gasteiger partial charge in [-0.25, -0.2) is 0 Å². The normalized spacial score (nSPS) is 31.6. The maximum Gasteiger partial charge on any atom is 0.320 e. The molecule has 2 rings (SSSR count). The minimum Gasteiger partial charge on any atom is -0.480 e. The molecule has 0 amide bonds. The summed E-state index contributed by atoms with van der Waals surface area (Å²) in [5, 5.41) is 12.1. The number of nitrogens with one attached hydrogen (secondary N) is 1. The van der Waals surface area contributed by atoms with Gasteiger partial charge in [-0.05, 0) is 37.6 Å². The molecule has 1 spiro atoms. The van der Waals surface area contributed by atoms with Crippen molar-refractivity contribution < 1.29 is 9.90 Å². The molecule has 1 heterocycles. The Labute approximate surface area is 84.9 Å². The third-order valence-electron chi connectivity index (χ3n) is 3.90. The quantitative estimate of drug-likeness (QED) is 0.673. The van der Waals surface area contributed by atoms with Crippen molar-refractivity contribution >= 4 is 5.97 Å². The first kappa shape index (κ1) is 9.97. The Morgan fingerprint density at radius 3 is 2.57 bits per heavy atom. The summed E-state index contributed by atoms with van der Waals surface area (Å²) < 4.78 is 0. The fraction of sp³-hybridized carbons (Fsp3) is 0.909. The van der Waals surface area contributed by atoms with Crippen LogP contribution in [0.25, 0.3) is 0 Å². The van der Waals surface area contributed by atoms with Gasteiger partial charge < -0.3 is 10.4 Å². The van der Waals surface area contributed by atoms with Crippen LogP contribution >= 0.6 is 0 Å². The van der Waals surface area contributed by atoms with E-state index in [1.165, 1.54) is 38.5 Å². The Balaban J connectivity index is 2.01. The highest BCUT2D eigenvalue weighted by Gasteiger charge is 2.39. The summed E-state index contributed by atoms with van der Waals surface area (Å²) >= 11 is 0. The summed E-state index contributed by atoms with van der Waals surface area (Å²) in [6.45, 7) is 0.886. The zero-order valence-corrected chi connectivity index (χ0v) is 8.59. The number of piperidine rings is 1. The van der Waals surface area contributed by atoms with Crippen molar-refractivity contribution in [2.45, 2.75) is 51.0 Å². The van der Waals surface area contributed by atoms with E-state index in [0.29, 0.717) is 5.41 Å². The summed E-state index contributed by atoms with van der Waals surface area (Å²) in [5.74, 6) is -0.672. The second-order valence-corrected chi connectivity index (χ2v) is 4.86. The van der Waals surface area contributed by atoms with Crippen LogP contribution in [0.15, 0.2) is 0 Å². The Hall–Kier alpha value is -0.570. The maximum atomic E-state index is 10.9. The molecule has 2 N–H and O–H groups in total. The van der Waals surface area contributed by atoms with Crippen LogP contribution < -0.4 is 5.32 Å². The highest BCUT2D eigenvalue weighted by atomic mass is 16.4. The van der Waals surface area contributed by atoms with E-state index in [4.69, 9.17) is 5.11 Å². The van der Waals surface area contributed by atoms with Gasteiger partial charge in [-0.15, -0.1) is 0 Å². The molecular formula is C11H19NO2. The minimum absolute atomic E-state index is 0.290. The van der Waals surface area contributed by atoms with Gasteiger partial charge in [0.25, 0.3) is 0 Å². The van der Waals surface area contributed by atoms with Crippen molar-refractivity contribution in [1.82, 2.24) is 5.32 Å². The van der Waals surface area contributed by atoms with Crippen molar-refractivity contribution in [1.29, 1.82) is 0 Å². The van der Waals surface area contributed by atoms with Crippen LogP contribution in [0.2, 0.25) is 0 Å². The maximum absolute atomic E-state index is 10.9. The van der Waals surface area contributed by atoms with Crippen molar-refractivity contribution in [3.05, 3.63) is 0 Å². The monoisotopic (exact) mass is 197 g/mol. The number of carbonyl (C=O) groups is 1. The minimum atomic E-state index is -0.672. The summed E-state index contributed by atoms with van der Waals surface area (Å²) in [6.07, 6.45) is 8.46. The summed E-state index contributed by atoms with van der Waals surface area (Å²) in [6, 6.07) is -0.290. The molecule has 0 bridgehead atoms. The molecule has 2 aliphatic rings. The molecular weight excluding hydrogens is 178 g/mol. The SMILES string of the molecule is O=C(O)C1CC2(CCCCC2)CCN1. The molecule has 80 valence electrons. The van der Waals surface area contributed by atoms with Crippen molar-refractivity contribution in [3.8, 4) is 0 Å². The standard InChI is InChI=1S/C11H19NO2/c13-10(14)9-8-11(6-7-12-9)4-2-1-3-5-11/h9,12H,1-8H2,(H,13,14). The predicted octanol–water partition coefficient (Wildman–Crippen LogP) is 1.77. The fourth-order valence-electron chi connectivity index (χ4n) is 3.05. The molecule has 1 saturated heterocycles. The number of hydrogen-bond donors (Lipinski definition) is 2. The van der Waals surface area contributed by atoms with E-state index in [0.717, 1.165) is 13.0 Å². The van der Waals surface area contributed by atoms with E-state index >= 15 is 0 Å². The van der Waals surface area contributed by atoms with Gasteiger partial charge in [-0.1, -0.05) is 19.3 Å². The Morgan fingerprint density at radius 2 is 1.93 bits per heavy atom. The van der Waals surface area contributed by atoms with Gasteiger partial charge in [0.15, 0.2) is 0 Å². The Kier molecular flexibility index (Phi) is 2.77. The van der Waals surface area contributed by atoms with Crippen molar-refractivity contribution in [3.63, 3.8) is 0 Å². The molecule has 14 heavy (non-hydrogen) atoms. The van der Waals surface area contributed by atoms with Gasteiger partial charge in [-0.3, -0.25) is 4.79 Å². The summed E-state index contributed by atoms with van der Waals surface area (Å²) in [4.78, 5) is 10.9. The molecule has 0 aromatic heterocycles. The zero-order valence-electron chi connectivity index (χ0n) is 8.59. The average molecular weight is 197 g/mol. The van der Waals surface area contributed by atoms with Crippen LogP contribution in [0.3, 0.4) is 0 Å². The van der Waals surface area contributed by atoms with Crippen LogP contribution in [0, 0.1) is 5.41 Å². The van der Waals surface area contributed by atoms with Gasteiger partial charge in [0, 0.05) is 0 Å². The highest BCUT2D eigenvalue weighted by Crippen LogP contribution is 2.44. The van der Waals surface area contributed by atoms with Gasteiger partial charge in [0.05, 0.1) is 0 Å². The second-order valence-electron chi connectivity index (χ2n) is 4.86. The van der Waals surface area contributed by atoms with Gasteiger partial charge in [-0.2, -0.15) is 0 Å². The molecule has 0 aromatic carbocycles. The molecule has 1 saturated carbocycles. The molecule has 1 aliphatic heterocycles. The molecule has 1 unspecified atom stereocenters. The van der Waals surface area contributed by atoms with Crippen LogP contribution in [0.5, 0.6) is 0 Å².